The number of hydrogen-bond acceptors (Lipinski definition) is 6. The van der Waals surface area contributed by atoms with Crippen LogP contribution in [0.1, 0.15) is 367 Å². The molecule has 1 atom stereocenters. The summed E-state index contributed by atoms with van der Waals surface area (Å²) in [4.78, 5) is 38.3. The zero-order valence-corrected chi connectivity index (χ0v) is 49.4. The Hall–Kier alpha value is -2.11. The average molecular weight is 1030 g/mol. The Balaban J connectivity index is 4.24. The van der Waals surface area contributed by atoms with E-state index in [2.05, 4.69) is 45.1 Å². The average Bonchev–Trinajstić information content (AvgIpc) is 3.39. The second-order valence-electron chi connectivity index (χ2n) is 22.4. The van der Waals surface area contributed by atoms with Gasteiger partial charge in [-0.15, -0.1) is 0 Å². The Labute approximate surface area is 455 Å². The molecule has 0 bridgehead atoms. The summed E-state index contributed by atoms with van der Waals surface area (Å²) in [6, 6.07) is 0. The second-order valence-corrected chi connectivity index (χ2v) is 22.4. The molecule has 6 heteroatoms. The fraction of sp³-hybridized carbons (Fsp3) is 0.896. The first-order chi connectivity index (χ1) is 36.0. The first-order valence-corrected chi connectivity index (χ1v) is 32.8. The van der Waals surface area contributed by atoms with Crippen LogP contribution in [0.25, 0.3) is 0 Å². The predicted molar refractivity (Wildman–Crippen MR) is 316 cm³/mol. The van der Waals surface area contributed by atoms with Crippen LogP contribution in [0.15, 0.2) is 24.3 Å². The molecule has 0 N–H and O–H groups in total. The van der Waals surface area contributed by atoms with Gasteiger partial charge in [0.1, 0.15) is 13.2 Å². The molecule has 0 radical (unpaired) electrons. The Morgan fingerprint density at radius 2 is 0.493 bits per heavy atom. The number of esters is 3. The Morgan fingerprint density at radius 1 is 0.274 bits per heavy atom. The smallest absolute Gasteiger partial charge is 0.306 e. The number of rotatable bonds is 61. The van der Waals surface area contributed by atoms with Crippen LogP contribution in [0, 0.1) is 0 Å². The zero-order chi connectivity index (χ0) is 52.9. The van der Waals surface area contributed by atoms with E-state index in [4.69, 9.17) is 14.2 Å². The van der Waals surface area contributed by atoms with E-state index < -0.39 is 6.10 Å². The fourth-order valence-electron chi connectivity index (χ4n) is 10.0. The van der Waals surface area contributed by atoms with Crippen molar-refractivity contribution < 1.29 is 28.6 Å². The van der Waals surface area contributed by atoms with Crippen LogP contribution in [0.5, 0.6) is 0 Å². The van der Waals surface area contributed by atoms with Crippen LogP contribution in [0.2, 0.25) is 0 Å². The minimum Gasteiger partial charge on any atom is -0.462 e. The summed E-state index contributed by atoms with van der Waals surface area (Å²) in [6.45, 7) is 6.70. The third-order valence-corrected chi connectivity index (χ3v) is 15.0. The van der Waals surface area contributed by atoms with Crippen LogP contribution in [-0.4, -0.2) is 37.2 Å². The van der Waals surface area contributed by atoms with E-state index in [1.807, 2.05) is 0 Å². The van der Waals surface area contributed by atoms with Crippen molar-refractivity contribution in [1.29, 1.82) is 0 Å². The molecular weight excluding hydrogens is 901 g/mol. The van der Waals surface area contributed by atoms with Gasteiger partial charge in [0.25, 0.3) is 0 Å². The lowest BCUT2D eigenvalue weighted by Gasteiger charge is -2.18. The van der Waals surface area contributed by atoms with Crippen molar-refractivity contribution in [2.45, 2.75) is 374 Å². The lowest BCUT2D eigenvalue weighted by Crippen LogP contribution is -2.30. The SMILES string of the molecule is CCCCCCC/C=C\C/C=C\CCCCCCCCCCCCCC(=O)OCC(COC(=O)CCCCCCCCCCCCCC)OC(=O)CCCCCCCCCCCCCCCCCCCCCC. The van der Waals surface area contributed by atoms with Crippen LogP contribution in [-0.2, 0) is 28.6 Å². The molecule has 0 spiro atoms. The zero-order valence-electron chi connectivity index (χ0n) is 49.4. The van der Waals surface area contributed by atoms with Gasteiger partial charge in [0.05, 0.1) is 0 Å². The third kappa shape index (κ3) is 60.6. The molecule has 0 rings (SSSR count). The van der Waals surface area contributed by atoms with Crippen molar-refractivity contribution in [1.82, 2.24) is 0 Å². The molecule has 0 aliphatic carbocycles. The fourth-order valence-corrected chi connectivity index (χ4v) is 10.0. The molecule has 0 fully saturated rings. The van der Waals surface area contributed by atoms with E-state index in [0.29, 0.717) is 19.3 Å². The maximum atomic E-state index is 12.9. The highest BCUT2D eigenvalue weighted by Gasteiger charge is 2.19. The molecular formula is C67H126O6. The molecule has 0 amide bonds. The summed E-state index contributed by atoms with van der Waals surface area (Å²) < 4.78 is 16.9. The lowest BCUT2D eigenvalue weighted by molar-refractivity contribution is -0.167. The van der Waals surface area contributed by atoms with Gasteiger partial charge in [-0.25, -0.2) is 0 Å². The molecule has 6 nitrogen and oxygen atoms in total. The topological polar surface area (TPSA) is 78.9 Å². The van der Waals surface area contributed by atoms with Crippen molar-refractivity contribution in [3.63, 3.8) is 0 Å². The summed E-state index contributed by atoms with van der Waals surface area (Å²) in [5, 5.41) is 0. The van der Waals surface area contributed by atoms with Gasteiger partial charge in [0, 0.05) is 19.3 Å². The number of carbonyl (C=O) groups excluding carboxylic acids is 3. The highest BCUT2D eigenvalue weighted by Crippen LogP contribution is 2.18. The highest BCUT2D eigenvalue weighted by molar-refractivity contribution is 5.71. The summed E-state index contributed by atoms with van der Waals surface area (Å²) in [5.41, 5.74) is 0. The van der Waals surface area contributed by atoms with Crippen molar-refractivity contribution in [3.05, 3.63) is 24.3 Å². The monoisotopic (exact) mass is 1030 g/mol. The molecule has 0 aromatic carbocycles. The Kier molecular flexibility index (Phi) is 60.6. The minimum atomic E-state index is -0.767. The van der Waals surface area contributed by atoms with Gasteiger partial charge in [-0.2, -0.15) is 0 Å². The van der Waals surface area contributed by atoms with E-state index in [1.165, 1.54) is 263 Å². The van der Waals surface area contributed by atoms with E-state index in [9.17, 15) is 14.4 Å². The summed E-state index contributed by atoms with van der Waals surface area (Å²) in [7, 11) is 0. The number of unbranched alkanes of at least 4 members (excludes halogenated alkanes) is 46. The van der Waals surface area contributed by atoms with Gasteiger partial charge in [0.15, 0.2) is 6.10 Å². The molecule has 0 saturated heterocycles. The summed E-state index contributed by atoms with van der Waals surface area (Å²) >= 11 is 0. The normalized spacial score (nSPS) is 12.1. The van der Waals surface area contributed by atoms with Gasteiger partial charge < -0.3 is 14.2 Å². The molecule has 0 saturated carbocycles. The van der Waals surface area contributed by atoms with Crippen LogP contribution in [0.4, 0.5) is 0 Å². The summed E-state index contributed by atoms with van der Waals surface area (Å²) in [5.74, 6) is -0.839. The molecule has 73 heavy (non-hydrogen) atoms. The maximum absolute atomic E-state index is 12.9. The van der Waals surface area contributed by atoms with Gasteiger partial charge in [0.2, 0.25) is 0 Å². The quantitative estimate of drug-likeness (QED) is 0.0261. The molecule has 0 aromatic heterocycles. The standard InChI is InChI=1S/C67H126O6/c1-4-7-10-13-16-19-22-25-27-29-31-33-34-35-37-38-40-42-45-48-51-54-57-60-66(69)72-63-64(62-71-65(68)59-56-53-50-47-44-24-21-18-15-12-9-6-3)73-67(70)61-58-55-52-49-46-43-41-39-36-32-30-28-26-23-20-17-14-11-8-5-2/h22,25,29,31,64H,4-21,23-24,26-28,30,32-63H2,1-3H3/b25-22-,31-29-. The van der Waals surface area contributed by atoms with Gasteiger partial charge >= 0.3 is 17.9 Å². The van der Waals surface area contributed by atoms with Gasteiger partial charge in [-0.1, -0.05) is 321 Å². The first kappa shape index (κ1) is 70.9. The van der Waals surface area contributed by atoms with Crippen molar-refractivity contribution >= 4 is 17.9 Å². The largest absolute Gasteiger partial charge is 0.462 e. The molecule has 430 valence electrons. The van der Waals surface area contributed by atoms with Crippen LogP contribution in [0.3, 0.4) is 0 Å². The van der Waals surface area contributed by atoms with Crippen LogP contribution < -0.4 is 0 Å². The molecule has 0 aliphatic rings. The number of allylic oxidation sites excluding steroid dienone is 4. The minimum absolute atomic E-state index is 0.0653. The molecule has 0 aromatic rings. The molecule has 0 aliphatic heterocycles. The van der Waals surface area contributed by atoms with E-state index >= 15 is 0 Å². The lowest BCUT2D eigenvalue weighted by atomic mass is 10.0. The second kappa shape index (κ2) is 62.4. The predicted octanol–water partition coefficient (Wildman–Crippen LogP) is 22.2. The summed E-state index contributed by atoms with van der Waals surface area (Å²) in [6.07, 6.45) is 74.7. The highest BCUT2D eigenvalue weighted by atomic mass is 16.6. The third-order valence-electron chi connectivity index (χ3n) is 15.0. The van der Waals surface area contributed by atoms with Gasteiger partial charge in [-0.3, -0.25) is 14.4 Å². The first-order valence-electron chi connectivity index (χ1n) is 32.8. The van der Waals surface area contributed by atoms with Crippen molar-refractivity contribution in [3.8, 4) is 0 Å². The Morgan fingerprint density at radius 3 is 0.753 bits per heavy atom. The molecule has 1 unspecified atom stereocenters. The van der Waals surface area contributed by atoms with Crippen molar-refractivity contribution in [2.24, 2.45) is 0 Å². The van der Waals surface area contributed by atoms with Crippen LogP contribution >= 0.6 is 0 Å². The van der Waals surface area contributed by atoms with E-state index in [1.54, 1.807) is 0 Å². The van der Waals surface area contributed by atoms with Gasteiger partial charge in [-0.05, 0) is 51.4 Å². The van der Waals surface area contributed by atoms with Crippen molar-refractivity contribution in [2.75, 3.05) is 13.2 Å². The number of ether oxygens (including phenoxy) is 3. The number of hydrogen-bond donors (Lipinski definition) is 0. The maximum Gasteiger partial charge on any atom is 0.306 e. The van der Waals surface area contributed by atoms with E-state index in [-0.39, 0.29) is 31.1 Å². The molecule has 0 heterocycles. The van der Waals surface area contributed by atoms with E-state index in [0.717, 1.165) is 64.2 Å². The Bertz CT molecular complexity index is 1180. The number of carbonyl (C=O) groups is 3.